The predicted octanol–water partition coefficient (Wildman–Crippen LogP) is 11.8. The Morgan fingerprint density at radius 3 is 1.57 bits per heavy atom. The molecule has 1 heteroatoms. The molecule has 0 radical (unpaired) electrons. The zero-order valence-electron chi connectivity index (χ0n) is 26.8. The second-order valence-electron chi connectivity index (χ2n) is 14.1. The molecule has 8 rings (SSSR count). The van der Waals surface area contributed by atoms with Gasteiger partial charge in [-0.1, -0.05) is 99.5 Å². The number of benzene rings is 6. The minimum absolute atomic E-state index is 0.0605. The zero-order chi connectivity index (χ0) is 30.5. The highest BCUT2D eigenvalue weighted by atomic mass is 15.1. The summed E-state index contributed by atoms with van der Waals surface area (Å²) in [5, 5.41) is 2.73. The first-order chi connectivity index (χ1) is 21.1. The largest absolute Gasteiger partial charge is 0.310 e. The smallest absolute Gasteiger partial charge is 0.0465 e. The van der Waals surface area contributed by atoms with Gasteiger partial charge in [0, 0.05) is 27.9 Å². The second kappa shape index (κ2) is 9.19. The molecule has 0 amide bonds. The summed E-state index contributed by atoms with van der Waals surface area (Å²) in [6, 6.07) is 41.3. The first kappa shape index (κ1) is 27.0. The molecule has 0 fully saturated rings. The van der Waals surface area contributed by atoms with Crippen LogP contribution in [0.15, 0.2) is 109 Å². The van der Waals surface area contributed by atoms with Crippen molar-refractivity contribution in [1.82, 2.24) is 0 Å². The first-order valence-corrected chi connectivity index (χ1v) is 15.9. The highest BCUT2D eigenvalue weighted by Gasteiger charge is 2.42. The highest BCUT2D eigenvalue weighted by Crippen LogP contribution is 2.58. The maximum Gasteiger partial charge on any atom is 0.0465 e. The molecule has 0 atom stereocenters. The third-order valence-corrected chi connectivity index (χ3v) is 10.5. The van der Waals surface area contributed by atoms with Gasteiger partial charge < -0.3 is 4.90 Å². The van der Waals surface area contributed by atoms with Gasteiger partial charge in [0.1, 0.15) is 0 Å². The lowest BCUT2D eigenvalue weighted by Gasteiger charge is -2.28. The minimum Gasteiger partial charge on any atom is -0.310 e. The van der Waals surface area contributed by atoms with Gasteiger partial charge >= 0.3 is 0 Å². The van der Waals surface area contributed by atoms with Gasteiger partial charge in [-0.3, -0.25) is 0 Å². The Morgan fingerprint density at radius 1 is 0.432 bits per heavy atom. The van der Waals surface area contributed by atoms with Crippen molar-refractivity contribution in [2.24, 2.45) is 0 Å². The Morgan fingerprint density at radius 2 is 0.932 bits per heavy atom. The molecule has 0 bridgehead atoms. The van der Waals surface area contributed by atoms with Crippen molar-refractivity contribution in [3.05, 3.63) is 148 Å². The predicted molar refractivity (Wildman–Crippen MR) is 188 cm³/mol. The van der Waals surface area contributed by atoms with Gasteiger partial charge in [-0.2, -0.15) is 0 Å². The number of fused-ring (bicyclic) bond motifs is 8. The Bertz CT molecular complexity index is 2080. The van der Waals surface area contributed by atoms with Crippen LogP contribution in [0.2, 0.25) is 0 Å². The maximum atomic E-state index is 2.54. The standard InChI is InChI=1S/C43H39N/c1-26-12-16-29(17-13-26)44(30-18-14-27(2)15-19-30)31-20-21-33-35-24-39-36(25-38(35)42(4,5)37(33)23-31)41-34-11-9-8-10-32(34)28(3)22-40(41)43(39,6)7/h8-25H,1-7H3. The number of rotatable bonds is 3. The molecule has 2 aliphatic rings. The van der Waals surface area contributed by atoms with Gasteiger partial charge in [0.25, 0.3) is 0 Å². The second-order valence-corrected chi connectivity index (χ2v) is 14.1. The fourth-order valence-electron chi connectivity index (χ4n) is 7.95. The van der Waals surface area contributed by atoms with Crippen molar-refractivity contribution in [1.29, 1.82) is 0 Å². The Hall–Kier alpha value is -4.62. The summed E-state index contributed by atoms with van der Waals surface area (Å²) in [6.45, 7) is 16.2. The molecule has 44 heavy (non-hydrogen) atoms. The number of hydrogen-bond acceptors (Lipinski definition) is 1. The first-order valence-electron chi connectivity index (χ1n) is 15.9. The van der Waals surface area contributed by atoms with E-state index in [9.17, 15) is 0 Å². The van der Waals surface area contributed by atoms with Gasteiger partial charge in [-0.15, -0.1) is 0 Å². The van der Waals surface area contributed by atoms with Crippen molar-refractivity contribution in [3.8, 4) is 22.3 Å². The van der Waals surface area contributed by atoms with Crippen LogP contribution in [-0.2, 0) is 10.8 Å². The summed E-state index contributed by atoms with van der Waals surface area (Å²) in [5.74, 6) is 0. The van der Waals surface area contributed by atoms with Crippen LogP contribution in [0.25, 0.3) is 33.0 Å². The van der Waals surface area contributed by atoms with Crippen LogP contribution >= 0.6 is 0 Å². The summed E-state index contributed by atoms with van der Waals surface area (Å²) in [6.07, 6.45) is 0. The van der Waals surface area contributed by atoms with Gasteiger partial charge in [-0.25, -0.2) is 0 Å². The molecule has 0 saturated carbocycles. The summed E-state index contributed by atoms with van der Waals surface area (Å²) in [7, 11) is 0. The summed E-state index contributed by atoms with van der Waals surface area (Å²) < 4.78 is 0. The lowest BCUT2D eigenvalue weighted by atomic mass is 9.79. The van der Waals surface area contributed by atoms with Crippen molar-refractivity contribution >= 4 is 27.8 Å². The van der Waals surface area contributed by atoms with E-state index in [1.165, 1.54) is 89.0 Å². The van der Waals surface area contributed by atoms with Crippen molar-refractivity contribution in [2.75, 3.05) is 4.90 Å². The summed E-state index contributed by atoms with van der Waals surface area (Å²) in [5.41, 5.74) is 18.5. The van der Waals surface area contributed by atoms with E-state index in [1.807, 2.05) is 0 Å². The van der Waals surface area contributed by atoms with E-state index >= 15 is 0 Å². The number of aryl methyl sites for hydroxylation is 3. The van der Waals surface area contributed by atoms with E-state index in [0.29, 0.717) is 0 Å². The minimum atomic E-state index is -0.130. The molecule has 216 valence electrons. The Kier molecular flexibility index (Phi) is 5.63. The number of nitrogens with zero attached hydrogens (tertiary/aromatic N) is 1. The Balaban J connectivity index is 1.31. The van der Waals surface area contributed by atoms with Crippen LogP contribution in [0.4, 0.5) is 17.1 Å². The number of hydrogen-bond donors (Lipinski definition) is 0. The number of anilines is 3. The molecule has 0 spiro atoms. The average Bonchev–Trinajstić information content (AvgIpc) is 3.37. The fraction of sp³-hybridized carbons (Fsp3) is 0.209. The van der Waals surface area contributed by atoms with Crippen LogP contribution in [0.1, 0.15) is 66.6 Å². The molecule has 0 saturated heterocycles. The molecule has 6 aromatic carbocycles. The molecular formula is C43H39N. The van der Waals surface area contributed by atoms with Crippen LogP contribution in [-0.4, -0.2) is 0 Å². The van der Waals surface area contributed by atoms with Crippen LogP contribution in [0.5, 0.6) is 0 Å². The quantitative estimate of drug-likeness (QED) is 0.205. The molecule has 0 aliphatic heterocycles. The third kappa shape index (κ3) is 3.72. The van der Waals surface area contributed by atoms with Crippen LogP contribution in [0.3, 0.4) is 0 Å². The Labute approximate surface area is 261 Å². The normalized spacial score (nSPS) is 15.1. The molecule has 0 unspecified atom stereocenters. The lowest BCUT2D eigenvalue weighted by Crippen LogP contribution is -2.17. The van der Waals surface area contributed by atoms with E-state index in [4.69, 9.17) is 0 Å². The molecule has 0 N–H and O–H groups in total. The highest BCUT2D eigenvalue weighted by molar-refractivity contribution is 6.05. The zero-order valence-corrected chi connectivity index (χ0v) is 26.8. The monoisotopic (exact) mass is 569 g/mol. The lowest BCUT2D eigenvalue weighted by molar-refractivity contribution is 0.652. The van der Waals surface area contributed by atoms with Crippen LogP contribution in [0, 0.1) is 20.8 Å². The maximum absolute atomic E-state index is 2.54. The molecule has 1 nitrogen and oxygen atoms in total. The van der Waals surface area contributed by atoms with Crippen molar-refractivity contribution in [3.63, 3.8) is 0 Å². The van der Waals surface area contributed by atoms with E-state index in [0.717, 1.165) is 0 Å². The SMILES string of the molecule is Cc1ccc(N(c2ccc(C)cc2)c2ccc3c(c2)C(C)(C)c2cc4c(cc2-3)C(C)(C)c2cc(C)c3ccccc3c2-4)cc1. The summed E-state index contributed by atoms with van der Waals surface area (Å²) >= 11 is 0. The van der Waals surface area contributed by atoms with Crippen LogP contribution < -0.4 is 4.90 Å². The molecule has 6 aromatic rings. The molecule has 0 aromatic heterocycles. The van der Waals surface area contributed by atoms with E-state index in [-0.39, 0.29) is 10.8 Å². The van der Waals surface area contributed by atoms with Gasteiger partial charge in [0.05, 0.1) is 0 Å². The third-order valence-electron chi connectivity index (χ3n) is 10.5. The van der Waals surface area contributed by atoms with Crippen molar-refractivity contribution in [2.45, 2.75) is 59.3 Å². The van der Waals surface area contributed by atoms with Gasteiger partial charge in [-0.05, 0) is 130 Å². The van der Waals surface area contributed by atoms with Crippen molar-refractivity contribution < 1.29 is 0 Å². The fourth-order valence-corrected chi connectivity index (χ4v) is 7.95. The molecule has 0 heterocycles. The van der Waals surface area contributed by atoms with E-state index < -0.39 is 0 Å². The molecular weight excluding hydrogens is 530 g/mol. The van der Waals surface area contributed by atoms with E-state index in [2.05, 4.69) is 163 Å². The van der Waals surface area contributed by atoms with Gasteiger partial charge in [0.2, 0.25) is 0 Å². The topological polar surface area (TPSA) is 3.24 Å². The van der Waals surface area contributed by atoms with E-state index in [1.54, 1.807) is 0 Å². The average molecular weight is 570 g/mol. The summed E-state index contributed by atoms with van der Waals surface area (Å²) in [4.78, 5) is 2.39. The molecule has 2 aliphatic carbocycles. The van der Waals surface area contributed by atoms with Gasteiger partial charge in [0.15, 0.2) is 0 Å².